The fourth-order valence-electron chi connectivity index (χ4n) is 2.57. The third-order valence-electron chi connectivity index (χ3n) is 3.66. The highest BCUT2D eigenvalue weighted by Crippen LogP contribution is 2.27. The number of likely N-dealkylation sites (N-methyl/N-ethyl adjacent to an activating group) is 1. The molecule has 2 atom stereocenters. The lowest BCUT2D eigenvalue weighted by Crippen LogP contribution is -2.38. The van der Waals surface area contributed by atoms with Crippen LogP contribution in [0.1, 0.15) is 24.5 Å². The summed E-state index contributed by atoms with van der Waals surface area (Å²) in [4.78, 5) is 2.20. The highest BCUT2D eigenvalue weighted by molar-refractivity contribution is 6.00. The molecule has 0 bridgehead atoms. The van der Waals surface area contributed by atoms with Gasteiger partial charge in [0.2, 0.25) is 0 Å². The Balaban J connectivity index is 2.36. The average Bonchev–Trinajstić information content (AvgIpc) is 2.74. The van der Waals surface area contributed by atoms with Crippen LogP contribution in [0.25, 0.3) is 0 Å². The second-order valence-electron chi connectivity index (χ2n) is 4.98. The van der Waals surface area contributed by atoms with E-state index in [0.29, 0.717) is 6.04 Å². The summed E-state index contributed by atoms with van der Waals surface area (Å²) in [6.07, 6.45) is 1.23. The maximum absolute atomic E-state index is 7.68. The van der Waals surface area contributed by atoms with Gasteiger partial charge in [0.15, 0.2) is 0 Å². The molecule has 1 aromatic carbocycles. The molecule has 0 saturated carbocycles. The summed E-state index contributed by atoms with van der Waals surface area (Å²) in [5.74, 6) is 0.114. The molecule has 0 spiro atoms. The van der Waals surface area contributed by atoms with Gasteiger partial charge in [0.25, 0.3) is 0 Å². The Morgan fingerprint density at radius 3 is 2.78 bits per heavy atom. The second kappa shape index (κ2) is 4.98. The van der Waals surface area contributed by atoms with Crippen molar-refractivity contribution in [2.75, 3.05) is 18.6 Å². The van der Waals surface area contributed by atoms with Gasteiger partial charge in [0.1, 0.15) is 5.84 Å². The van der Waals surface area contributed by atoms with E-state index in [1.54, 1.807) is 0 Å². The summed E-state index contributed by atoms with van der Waals surface area (Å²) in [7, 11) is 2.05. The highest BCUT2D eigenvalue weighted by atomic mass is 16.5. The molecule has 1 aliphatic heterocycles. The summed E-state index contributed by atoms with van der Waals surface area (Å²) < 4.78 is 5.61. The Hall–Kier alpha value is -1.55. The SMILES string of the molecule is Cc1ccc(C(=N)N)c(N(C)C2CCOC2C)c1. The van der Waals surface area contributed by atoms with Gasteiger partial charge in [-0.3, -0.25) is 5.41 Å². The van der Waals surface area contributed by atoms with Crippen molar-refractivity contribution in [3.8, 4) is 0 Å². The van der Waals surface area contributed by atoms with Crippen LogP contribution in [0.5, 0.6) is 0 Å². The molecule has 1 aliphatic rings. The first-order chi connectivity index (χ1) is 8.50. The zero-order chi connectivity index (χ0) is 13.3. The number of ether oxygens (including phenoxy) is 1. The predicted octanol–water partition coefficient (Wildman–Crippen LogP) is 1.89. The smallest absolute Gasteiger partial charge is 0.124 e. The predicted molar refractivity (Wildman–Crippen MR) is 74.4 cm³/mol. The Labute approximate surface area is 108 Å². The van der Waals surface area contributed by atoms with Crippen LogP contribution in [0, 0.1) is 12.3 Å². The van der Waals surface area contributed by atoms with E-state index >= 15 is 0 Å². The van der Waals surface area contributed by atoms with Crippen LogP contribution in [0.2, 0.25) is 0 Å². The second-order valence-corrected chi connectivity index (χ2v) is 4.98. The van der Waals surface area contributed by atoms with Crippen molar-refractivity contribution in [3.63, 3.8) is 0 Å². The first-order valence-electron chi connectivity index (χ1n) is 6.30. The van der Waals surface area contributed by atoms with Crippen molar-refractivity contribution in [1.29, 1.82) is 5.41 Å². The zero-order valence-corrected chi connectivity index (χ0v) is 11.2. The number of hydrogen-bond donors (Lipinski definition) is 2. The minimum absolute atomic E-state index is 0.114. The normalized spacial score (nSPS) is 23.1. The minimum atomic E-state index is 0.114. The van der Waals surface area contributed by atoms with E-state index in [4.69, 9.17) is 15.9 Å². The first-order valence-corrected chi connectivity index (χ1v) is 6.30. The molecule has 1 fully saturated rings. The summed E-state index contributed by atoms with van der Waals surface area (Å²) in [6.45, 7) is 4.95. The van der Waals surface area contributed by atoms with E-state index in [-0.39, 0.29) is 11.9 Å². The molecule has 98 valence electrons. The average molecular weight is 247 g/mol. The van der Waals surface area contributed by atoms with Gasteiger partial charge in [0, 0.05) is 24.9 Å². The van der Waals surface area contributed by atoms with Crippen LogP contribution in [0.4, 0.5) is 5.69 Å². The van der Waals surface area contributed by atoms with E-state index in [2.05, 4.69) is 31.9 Å². The molecule has 1 saturated heterocycles. The van der Waals surface area contributed by atoms with Gasteiger partial charge in [-0.2, -0.15) is 0 Å². The van der Waals surface area contributed by atoms with E-state index in [1.807, 2.05) is 12.1 Å². The van der Waals surface area contributed by atoms with E-state index < -0.39 is 0 Å². The number of aryl methyl sites for hydroxylation is 1. The molecule has 2 rings (SSSR count). The molecule has 1 heterocycles. The molecular formula is C14H21N3O. The molecule has 0 radical (unpaired) electrons. The third-order valence-corrected chi connectivity index (χ3v) is 3.66. The Morgan fingerprint density at radius 1 is 1.50 bits per heavy atom. The maximum atomic E-state index is 7.68. The lowest BCUT2D eigenvalue weighted by atomic mass is 10.0. The number of nitrogens with zero attached hydrogens (tertiary/aromatic N) is 1. The number of nitrogen functional groups attached to an aromatic ring is 1. The number of rotatable bonds is 3. The standard InChI is InChI=1S/C14H21N3O/c1-9-4-5-11(14(15)16)13(8-9)17(3)12-6-7-18-10(12)2/h4-5,8,10,12H,6-7H2,1-3H3,(H3,15,16). The lowest BCUT2D eigenvalue weighted by Gasteiger charge is -2.30. The van der Waals surface area contributed by atoms with Crippen LogP contribution in [0.15, 0.2) is 18.2 Å². The van der Waals surface area contributed by atoms with Crippen molar-refractivity contribution < 1.29 is 4.74 Å². The molecule has 3 N–H and O–H groups in total. The highest BCUT2D eigenvalue weighted by Gasteiger charge is 2.29. The lowest BCUT2D eigenvalue weighted by molar-refractivity contribution is 0.118. The van der Waals surface area contributed by atoms with Crippen molar-refractivity contribution in [1.82, 2.24) is 0 Å². The van der Waals surface area contributed by atoms with Gasteiger partial charge < -0.3 is 15.4 Å². The summed E-state index contributed by atoms with van der Waals surface area (Å²) >= 11 is 0. The largest absolute Gasteiger partial charge is 0.384 e. The quantitative estimate of drug-likeness (QED) is 0.633. The number of anilines is 1. The van der Waals surface area contributed by atoms with Gasteiger partial charge in [0.05, 0.1) is 12.1 Å². The maximum Gasteiger partial charge on any atom is 0.124 e. The molecule has 0 aromatic heterocycles. The molecule has 18 heavy (non-hydrogen) atoms. The summed E-state index contributed by atoms with van der Waals surface area (Å²) in [5, 5.41) is 7.68. The molecule has 4 nitrogen and oxygen atoms in total. The minimum Gasteiger partial charge on any atom is -0.384 e. The number of benzene rings is 1. The Bertz CT molecular complexity index is 458. The van der Waals surface area contributed by atoms with Crippen LogP contribution in [-0.2, 0) is 4.74 Å². The van der Waals surface area contributed by atoms with Gasteiger partial charge in [-0.15, -0.1) is 0 Å². The molecule has 0 amide bonds. The van der Waals surface area contributed by atoms with Crippen LogP contribution in [0.3, 0.4) is 0 Å². The molecule has 2 unspecified atom stereocenters. The summed E-state index contributed by atoms with van der Waals surface area (Å²) in [5.41, 5.74) is 8.65. The molecule has 4 heteroatoms. The number of nitrogens with two attached hydrogens (primary N) is 1. The number of amidine groups is 1. The number of nitrogens with one attached hydrogen (secondary N) is 1. The Morgan fingerprint density at radius 2 is 2.22 bits per heavy atom. The molecule has 1 aromatic rings. The van der Waals surface area contributed by atoms with Crippen LogP contribution < -0.4 is 10.6 Å². The van der Waals surface area contributed by atoms with Crippen molar-refractivity contribution in [2.45, 2.75) is 32.4 Å². The van der Waals surface area contributed by atoms with E-state index in [9.17, 15) is 0 Å². The van der Waals surface area contributed by atoms with Gasteiger partial charge in [-0.1, -0.05) is 6.07 Å². The number of hydrogen-bond acceptors (Lipinski definition) is 3. The van der Waals surface area contributed by atoms with Gasteiger partial charge >= 0.3 is 0 Å². The molecular weight excluding hydrogens is 226 g/mol. The van der Waals surface area contributed by atoms with E-state index in [1.165, 1.54) is 5.56 Å². The Kier molecular flexibility index (Phi) is 3.57. The van der Waals surface area contributed by atoms with E-state index in [0.717, 1.165) is 24.3 Å². The fraction of sp³-hybridized carbons (Fsp3) is 0.500. The van der Waals surface area contributed by atoms with Gasteiger partial charge in [-0.25, -0.2) is 0 Å². The van der Waals surface area contributed by atoms with Crippen molar-refractivity contribution in [2.24, 2.45) is 5.73 Å². The topological polar surface area (TPSA) is 62.3 Å². The van der Waals surface area contributed by atoms with Crippen molar-refractivity contribution in [3.05, 3.63) is 29.3 Å². The monoisotopic (exact) mass is 247 g/mol. The van der Waals surface area contributed by atoms with Crippen molar-refractivity contribution >= 4 is 11.5 Å². The first kappa shape index (κ1) is 12.9. The van der Waals surface area contributed by atoms with Crippen LogP contribution >= 0.6 is 0 Å². The van der Waals surface area contributed by atoms with Crippen LogP contribution in [-0.4, -0.2) is 31.6 Å². The zero-order valence-electron chi connectivity index (χ0n) is 11.2. The fourth-order valence-corrected chi connectivity index (χ4v) is 2.57. The molecule has 0 aliphatic carbocycles. The summed E-state index contributed by atoms with van der Waals surface area (Å²) in [6, 6.07) is 6.35. The van der Waals surface area contributed by atoms with Gasteiger partial charge in [-0.05, 0) is 38.0 Å². The third kappa shape index (κ3) is 2.34.